The Bertz CT molecular complexity index is 965. The first kappa shape index (κ1) is 22.2. The Hall–Kier alpha value is -2.02. The molecule has 1 heterocycles. The van der Waals surface area contributed by atoms with Gasteiger partial charge in [-0.15, -0.1) is 0 Å². The Morgan fingerprint density at radius 1 is 0.935 bits per heavy atom. The Kier molecular flexibility index (Phi) is 7.54. The molecule has 0 spiro atoms. The Morgan fingerprint density at radius 2 is 1.77 bits per heavy atom. The van der Waals surface area contributed by atoms with E-state index < -0.39 is 0 Å². The SMILES string of the molecule is CCCC(CCCc1cccc(-c2cc3ccccc3n2C)c1)C1CCCCCC1C. The van der Waals surface area contributed by atoms with Crippen LogP contribution in [0.3, 0.4) is 0 Å². The zero-order chi connectivity index (χ0) is 21.6. The third kappa shape index (κ3) is 5.25. The van der Waals surface area contributed by atoms with Gasteiger partial charge in [-0.1, -0.05) is 88.8 Å². The highest BCUT2D eigenvalue weighted by Crippen LogP contribution is 2.38. The molecule has 1 nitrogen and oxygen atoms in total. The van der Waals surface area contributed by atoms with Crippen molar-refractivity contribution >= 4 is 10.9 Å². The second kappa shape index (κ2) is 10.5. The largest absolute Gasteiger partial charge is 0.344 e. The van der Waals surface area contributed by atoms with Gasteiger partial charge < -0.3 is 4.57 Å². The summed E-state index contributed by atoms with van der Waals surface area (Å²) in [7, 11) is 2.19. The molecule has 0 N–H and O–H groups in total. The number of aryl methyl sites for hydroxylation is 2. The van der Waals surface area contributed by atoms with Gasteiger partial charge >= 0.3 is 0 Å². The molecule has 31 heavy (non-hydrogen) atoms. The maximum Gasteiger partial charge on any atom is 0.0488 e. The summed E-state index contributed by atoms with van der Waals surface area (Å²) in [6.07, 6.45) is 14.0. The van der Waals surface area contributed by atoms with Crippen molar-refractivity contribution in [3.05, 3.63) is 60.2 Å². The van der Waals surface area contributed by atoms with E-state index >= 15 is 0 Å². The zero-order valence-corrected chi connectivity index (χ0v) is 19.9. The maximum absolute atomic E-state index is 2.53. The molecule has 166 valence electrons. The summed E-state index contributed by atoms with van der Waals surface area (Å²) in [5, 5.41) is 1.32. The van der Waals surface area contributed by atoms with Crippen LogP contribution < -0.4 is 0 Å². The van der Waals surface area contributed by atoms with Gasteiger partial charge in [0, 0.05) is 23.6 Å². The highest BCUT2D eigenvalue weighted by molar-refractivity contribution is 5.86. The van der Waals surface area contributed by atoms with Crippen LogP contribution in [0.2, 0.25) is 0 Å². The van der Waals surface area contributed by atoms with Gasteiger partial charge in [-0.25, -0.2) is 0 Å². The van der Waals surface area contributed by atoms with Crippen molar-refractivity contribution in [2.45, 2.75) is 78.1 Å². The van der Waals surface area contributed by atoms with Gasteiger partial charge in [-0.3, -0.25) is 0 Å². The minimum Gasteiger partial charge on any atom is -0.344 e. The Labute approximate surface area is 189 Å². The summed E-state index contributed by atoms with van der Waals surface area (Å²) in [6, 6.07) is 20.3. The van der Waals surface area contributed by atoms with Gasteiger partial charge in [0.2, 0.25) is 0 Å². The number of aromatic nitrogens is 1. The van der Waals surface area contributed by atoms with Crippen molar-refractivity contribution in [3.63, 3.8) is 0 Å². The lowest BCUT2D eigenvalue weighted by Crippen LogP contribution is -2.21. The fourth-order valence-corrected chi connectivity index (χ4v) is 6.19. The monoisotopic (exact) mass is 415 g/mol. The molecule has 1 aliphatic carbocycles. The third-order valence-corrected chi connectivity index (χ3v) is 7.91. The van der Waals surface area contributed by atoms with Crippen LogP contribution in [0.5, 0.6) is 0 Å². The molecule has 1 fully saturated rings. The van der Waals surface area contributed by atoms with Crippen molar-refractivity contribution in [3.8, 4) is 11.3 Å². The predicted molar refractivity (Wildman–Crippen MR) is 135 cm³/mol. The summed E-state index contributed by atoms with van der Waals surface area (Å²) in [5.74, 6) is 2.82. The Morgan fingerprint density at radius 3 is 2.61 bits per heavy atom. The molecule has 3 atom stereocenters. The molecule has 1 heteroatoms. The van der Waals surface area contributed by atoms with Crippen molar-refractivity contribution in [2.75, 3.05) is 0 Å². The molecule has 0 aliphatic heterocycles. The van der Waals surface area contributed by atoms with Crippen LogP contribution in [0.4, 0.5) is 0 Å². The molecule has 0 bridgehead atoms. The molecular weight excluding hydrogens is 374 g/mol. The van der Waals surface area contributed by atoms with E-state index in [1.807, 2.05) is 0 Å². The first-order valence-electron chi connectivity index (χ1n) is 12.8. The fourth-order valence-electron chi connectivity index (χ4n) is 6.19. The standard InChI is InChI=1S/C30H41N/c1-4-12-25(28-19-7-5-6-13-23(28)2)17-10-14-24-15-11-18-26(21-24)30-22-27-16-8-9-20-29(27)31(30)3/h8-9,11,15-16,18,20-23,25,28H,4-7,10,12-14,17,19H2,1-3H3. The molecule has 1 aliphatic rings. The normalized spacial score (nSPS) is 20.6. The average Bonchev–Trinajstić information content (AvgIpc) is 2.97. The van der Waals surface area contributed by atoms with Crippen molar-refractivity contribution in [1.82, 2.24) is 4.57 Å². The average molecular weight is 416 g/mol. The Balaban J connectivity index is 1.43. The number of para-hydroxylation sites is 1. The van der Waals surface area contributed by atoms with Crippen molar-refractivity contribution < 1.29 is 0 Å². The van der Waals surface area contributed by atoms with Crippen LogP contribution in [0, 0.1) is 17.8 Å². The smallest absolute Gasteiger partial charge is 0.0488 e. The van der Waals surface area contributed by atoms with E-state index in [1.165, 1.54) is 91.9 Å². The van der Waals surface area contributed by atoms with Gasteiger partial charge in [0.1, 0.15) is 0 Å². The van der Waals surface area contributed by atoms with E-state index in [1.54, 1.807) is 0 Å². The molecule has 0 radical (unpaired) electrons. The molecule has 4 rings (SSSR count). The van der Waals surface area contributed by atoms with Crippen molar-refractivity contribution in [1.29, 1.82) is 0 Å². The lowest BCUT2D eigenvalue weighted by molar-refractivity contribution is 0.199. The number of fused-ring (bicyclic) bond motifs is 1. The van der Waals surface area contributed by atoms with Crippen LogP contribution >= 0.6 is 0 Å². The van der Waals surface area contributed by atoms with Gasteiger partial charge in [0.05, 0.1) is 0 Å². The van der Waals surface area contributed by atoms with Crippen LogP contribution in [-0.4, -0.2) is 4.57 Å². The molecule has 2 aromatic carbocycles. The molecule has 3 unspecified atom stereocenters. The topological polar surface area (TPSA) is 4.93 Å². The number of hydrogen-bond acceptors (Lipinski definition) is 0. The van der Waals surface area contributed by atoms with Crippen molar-refractivity contribution in [2.24, 2.45) is 24.8 Å². The summed E-state index contributed by atoms with van der Waals surface area (Å²) in [6.45, 7) is 4.91. The van der Waals surface area contributed by atoms with E-state index in [-0.39, 0.29) is 0 Å². The second-order valence-corrected chi connectivity index (χ2v) is 10.1. The highest BCUT2D eigenvalue weighted by atomic mass is 14.9. The van der Waals surface area contributed by atoms with Gasteiger partial charge in [0.15, 0.2) is 0 Å². The molecule has 3 aromatic rings. The van der Waals surface area contributed by atoms with E-state index in [4.69, 9.17) is 0 Å². The molecule has 0 amide bonds. The van der Waals surface area contributed by atoms with Gasteiger partial charge in [-0.2, -0.15) is 0 Å². The van der Waals surface area contributed by atoms with E-state index in [0.717, 1.165) is 17.8 Å². The van der Waals surface area contributed by atoms with E-state index in [9.17, 15) is 0 Å². The van der Waals surface area contributed by atoms with Crippen LogP contribution in [-0.2, 0) is 13.5 Å². The first-order valence-corrected chi connectivity index (χ1v) is 12.8. The van der Waals surface area contributed by atoms with Crippen LogP contribution in [0.15, 0.2) is 54.6 Å². The third-order valence-electron chi connectivity index (χ3n) is 7.91. The molecule has 1 saturated carbocycles. The number of nitrogens with zero attached hydrogens (tertiary/aromatic N) is 1. The zero-order valence-electron chi connectivity index (χ0n) is 19.9. The first-order chi connectivity index (χ1) is 15.2. The molecular formula is C30H41N. The van der Waals surface area contributed by atoms with E-state index in [0.29, 0.717) is 0 Å². The molecule has 1 aromatic heterocycles. The number of rotatable bonds is 8. The number of hydrogen-bond donors (Lipinski definition) is 0. The summed E-state index contributed by atoms with van der Waals surface area (Å²) < 4.78 is 2.33. The maximum atomic E-state index is 2.53. The van der Waals surface area contributed by atoms with Crippen LogP contribution in [0.1, 0.15) is 77.2 Å². The predicted octanol–water partition coefficient (Wildman–Crippen LogP) is 8.80. The summed E-state index contributed by atoms with van der Waals surface area (Å²) in [4.78, 5) is 0. The summed E-state index contributed by atoms with van der Waals surface area (Å²) >= 11 is 0. The highest BCUT2D eigenvalue weighted by Gasteiger charge is 2.27. The fraction of sp³-hybridized carbons (Fsp3) is 0.533. The van der Waals surface area contributed by atoms with Gasteiger partial charge in [-0.05, 0) is 72.8 Å². The van der Waals surface area contributed by atoms with Gasteiger partial charge in [0.25, 0.3) is 0 Å². The lowest BCUT2D eigenvalue weighted by Gasteiger charge is -2.31. The summed E-state index contributed by atoms with van der Waals surface area (Å²) in [5.41, 5.74) is 5.47. The van der Waals surface area contributed by atoms with E-state index in [2.05, 4.69) is 80.1 Å². The molecule has 0 saturated heterocycles. The minimum atomic E-state index is 0.925. The minimum absolute atomic E-state index is 0.925. The second-order valence-electron chi connectivity index (χ2n) is 10.1. The van der Waals surface area contributed by atoms with Crippen LogP contribution in [0.25, 0.3) is 22.2 Å². The number of benzene rings is 2. The quantitative estimate of drug-likeness (QED) is 0.324. The lowest BCUT2D eigenvalue weighted by atomic mass is 9.75.